The average Bonchev–Trinajstić information content (AvgIpc) is 3.27. The van der Waals surface area contributed by atoms with Gasteiger partial charge in [-0.25, -0.2) is 13.1 Å². The third kappa shape index (κ3) is 7.12. The van der Waals surface area contributed by atoms with Crippen LogP contribution in [0.3, 0.4) is 0 Å². The van der Waals surface area contributed by atoms with Gasteiger partial charge in [0.15, 0.2) is 5.96 Å². The lowest BCUT2D eigenvalue weighted by Crippen LogP contribution is -2.55. The number of nitrogens with two attached hydrogens (primary N) is 1. The summed E-state index contributed by atoms with van der Waals surface area (Å²) in [6, 6.07) is 10.5. The van der Waals surface area contributed by atoms with Crippen molar-refractivity contribution in [2.45, 2.75) is 74.9 Å². The molecule has 2 aliphatic rings. The quantitative estimate of drug-likeness (QED) is 0.119. The summed E-state index contributed by atoms with van der Waals surface area (Å²) in [5, 5.41) is 14.3. The molecule has 2 aromatic rings. The van der Waals surface area contributed by atoms with E-state index >= 15 is 0 Å². The molecule has 2 fully saturated rings. The molecule has 12 heteroatoms. The first-order valence-electron chi connectivity index (χ1n) is 13.3. The molecule has 0 bridgehead atoms. The summed E-state index contributed by atoms with van der Waals surface area (Å²) >= 11 is 0. The second-order valence-electron chi connectivity index (χ2n) is 10.2. The lowest BCUT2D eigenvalue weighted by atomic mass is 10.1. The molecule has 210 valence electrons. The highest BCUT2D eigenvalue weighted by molar-refractivity contribution is 7.88. The minimum Gasteiger partial charge on any atom is -0.370 e. The molecular formula is C27H36N6O5S. The molecule has 2 heterocycles. The third-order valence-electron chi connectivity index (χ3n) is 7.43. The van der Waals surface area contributed by atoms with Crippen LogP contribution < -0.4 is 21.1 Å². The Kier molecular flexibility index (Phi) is 9.18. The first-order chi connectivity index (χ1) is 18.7. The summed E-state index contributed by atoms with van der Waals surface area (Å²) in [7, 11) is -3.86. The number of carbonyl (C=O) groups is 3. The number of guanidine groups is 1. The number of carbonyl (C=O) groups excluding carboxylic acids is 3. The number of aldehydes is 1. The fourth-order valence-electron chi connectivity index (χ4n) is 5.61. The Morgan fingerprint density at radius 1 is 1.13 bits per heavy atom. The van der Waals surface area contributed by atoms with Crippen molar-refractivity contribution in [2.24, 2.45) is 5.73 Å². The summed E-state index contributed by atoms with van der Waals surface area (Å²) in [5.41, 5.74) is 5.91. The highest BCUT2D eigenvalue weighted by atomic mass is 32.2. The Bertz CT molecular complexity index is 1330. The highest BCUT2D eigenvalue weighted by Crippen LogP contribution is 2.32. The number of nitrogens with zero attached hydrogens (tertiary/aromatic N) is 1. The number of hydrogen-bond acceptors (Lipinski definition) is 6. The van der Waals surface area contributed by atoms with Gasteiger partial charge in [0.1, 0.15) is 18.4 Å². The maximum atomic E-state index is 13.6. The average molecular weight is 557 g/mol. The van der Waals surface area contributed by atoms with Crippen LogP contribution in [0.15, 0.2) is 42.5 Å². The second-order valence-corrected chi connectivity index (χ2v) is 12.0. The first-order valence-corrected chi connectivity index (χ1v) is 15.0. The van der Waals surface area contributed by atoms with Gasteiger partial charge in [-0.1, -0.05) is 42.5 Å². The lowest BCUT2D eigenvalue weighted by molar-refractivity contribution is -0.141. The molecule has 39 heavy (non-hydrogen) atoms. The van der Waals surface area contributed by atoms with Crippen LogP contribution in [-0.2, 0) is 30.2 Å². The maximum Gasteiger partial charge on any atom is 0.243 e. The van der Waals surface area contributed by atoms with Crippen molar-refractivity contribution in [1.29, 1.82) is 5.41 Å². The van der Waals surface area contributed by atoms with Gasteiger partial charge >= 0.3 is 0 Å². The van der Waals surface area contributed by atoms with Gasteiger partial charge in [0.05, 0.1) is 11.8 Å². The minimum atomic E-state index is -3.86. The van der Waals surface area contributed by atoms with Crippen molar-refractivity contribution >= 4 is 44.9 Å². The van der Waals surface area contributed by atoms with Gasteiger partial charge in [-0.05, 0) is 61.3 Å². The number of nitrogens with one attached hydrogen (secondary N) is 4. The molecule has 3 unspecified atom stereocenters. The Labute approximate surface area is 228 Å². The van der Waals surface area contributed by atoms with Gasteiger partial charge in [0.2, 0.25) is 21.8 Å². The van der Waals surface area contributed by atoms with E-state index in [0.29, 0.717) is 63.3 Å². The molecule has 0 saturated carbocycles. The zero-order valence-electron chi connectivity index (χ0n) is 21.8. The van der Waals surface area contributed by atoms with Crippen LogP contribution in [0, 0.1) is 5.41 Å². The molecule has 4 atom stereocenters. The van der Waals surface area contributed by atoms with E-state index in [2.05, 4.69) is 15.4 Å². The normalized spacial score (nSPS) is 22.1. The van der Waals surface area contributed by atoms with E-state index in [1.54, 1.807) is 6.07 Å². The van der Waals surface area contributed by atoms with Crippen molar-refractivity contribution in [1.82, 2.24) is 20.3 Å². The van der Waals surface area contributed by atoms with E-state index < -0.39 is 40.0 Å². The van der Waals surface area contributed by atoms with Gasteiger partial charge in [-0.15, -0.1) is 0 Å². The molecule has 2 aromatic carbocycles. The standard InChI is InChI=1S/C27H36N6O5S/c28-27(29)30-15-5-9-20(16-34)31-25(35)24-14-13-21-10-4-12-23(26(36)33(21)24)32-39(37,38)17-19-8-3-7-18-6-1-2-11-22(18)19/h1-3,6-8,11,16,20-21,23-24,32H,4-5,9-10,12-15,17H2,(H,31,35)(H4,28,29,30)/t20-,21?,23?,24?/m0/s1. The van der Waals surface area contributed by atoms with E-state index in [9.17, 15) is 22.8 Å². The molecular weight excluding hydrogens is 520 g/mol. The number of fused-ring (bicyclic) bond motifs is 2. The molecule has 4 rings (SSSR count). The molecule has 0 spiro atoms. The van der Waals surface area contributed by atoms with Gasteiger partial charge in [-0.3, -0.25) is 15.0 Å². The van der Waals surface area contributed by atoms with Crippen molar-refractivity contribution < 1.29 is 22.8 Å². The van der Waals surface area contributed by atoms with Crippen LogP contribution in [0.5, 0.6) is 0 Å². The smallest absolute Gasteiger partial charge is 0.243 e. The van der Waals surface area contributed by atoms with E-state index in [1.807, 2.05) is 36.4 Å². The van der Waals surface area contributed by atoms with Crippen LogP contribution in [-0.4, -0.2) is 68.1 Å². The van der Waals surface area contributed by atoms with E-state index in [0.717, 1.165) is 10.8 Å². The van der Waals surface area contributed by atoms with Crippen LogP contribution in [0.1, 0.15) is 50.5 Å². The van der Waals surface area contributed by atoms with Gasteiger partial charge in [-0.2, -0.15) is 0 Å². The molecule has 11 nitrogen and oxygen atoms in total. The summed E-state index contributed by atoms with van der Waals surface area (Å²) in [6.45, 7) is 0.395. The van der Waals surface area contributed by atoms with Gasteiger partial charge < -0.3 is 26.1 Å². The number of benzene rings is 2. The second kappa shape index (κ2) is 12.6. The Morgan fingerprint density at radius 2 is 1.90 bits per heavy atom. The lowest BCUT2D eigenvalue weighted by Gasteiger charge is -2.31. The van der Waals surface area contributed by atoms with Crippen molar-refractivity contribution in [3.05, 3.63) is 48.0 Å². The predicted octanol–water partition coefficient (Wildman–Crippen LogP) is 1.12. The fraction of sp³-hybridized carbons (Fsp3) is 0.481. The molecule has 2 amide bonds. The number of rotatable bonds is 11. The van der Waals surface area contributed by atoms with Crippen LogP contribution in [0.4, 0.5) is 0 Å². The summed E-state index contributed by atoms with van der Waals surface area (Å²) in [5.74, 6) is -1.24. The van der Waals surface area contributed by atoms with Crippen LogP contribution in [0.25, 0.3) is 10.8 Å². The number of sulfonamides is 1. The topological polar surface area (TPSA) is 175 Å². The monoisotopic (exact) mass is 556 g/mol. The first kappa shape index (κ1) is 28.5. The minimum absolute atomic E-state index is 0.143. The maximum absolute atomic E-state index is 13.6. The SMILES string of the molecule is N=C(N)NCCC[C@@H](C=O)NC(=O)C1CCC2CCCC(NS(=O)(=O)Cc3cccc4ccccc34)C(=O)N21. The predicted molar refractivity (Wildman–Crippen MR) is 148 cm³/mol. The van der Waals surface area contributed by atoms with E-state index in [-0.39, 0.29) is 17.8 Å². The van der Waals surface area contributed by atoms with Crippen LogP contribution in [0.2, 0.25) is 0 Å². The molecule has 0 aromatic heterocycles. The Hall–Kier alpha value is -3.51. The Morgan fingerprint density at radius 3 is 2.67 bits per heavy atom. The number of amides is 2. The van der Waals surface area contributed by atoms with E-state index in [4.69, 9.17) is 11.1 Å². The Balaban J connectivity index is 1.42. The molecule has 2 aliphatic heterocycles. The van der Waals surface area contributed by atoms with Gasteiger partial charge in [0.25, 0.3) is 0 Å². The molecule has 0 aliphatic carbocycles. The molecule has 0 radical (unpaired) electrons. The van der Waals surface area contributed by atoms with Crippen molar-refractivity contribution in [3.63, 3.8) is 0 Å². The largest absolute Gasteiger partial charge is 0.370 e. The molecule has 2 saturated heterocycles. The highest BCUT2D eigenvalue weighted by Gasteiger charge is 2.45. The summed E-state index contributed by atoms with van der Waals surface area (Å²) < 4.78 is 29.0. The third-order valence-corrected chi connectivity index (χ3v) is 8.77. The zero-order chi connectivity index (χ0) is 28.0. The zero-order valence-corrected chi connectivity index (χ0v) is 22.6. The summed E-state index contributed by atoms with van der Waals surface area (Å²) in [6.07, 6.45) is 4.33. The number of hydrogen-bond donors (Lipinski definition) is 5. The van der Waals surface area contributed by atoms with E-state index in [1.165, 1.54) is 4.90 Å². The van der Waals surface area contributed by atoms with Crippen molar-refractivity contribution in [2.75, 3.05) is 6.54 Å². The van der Waals surface area contributed by atoms with Crippen molar-refractivity contribution in [3.8, 4) is 0 Å². The van der Waals surface area contributed by atoms with Crippen LogP contribution >= 0.6 is 0 Å². The molecule has 6 N–H and O–H groups in total. The van der Waals surface area contributed by atoms with Gasteiger partial charge in [0, 0.05) is 12.6 Å². The summed E-state index contributed by atoms with van der Waals surface area (Å²) in [4.78, 5) is 39.9. The fourth-order valence-corrected chi connectivity index (χ4v) is 7.00.